The van der Waals surface area contributed by atoms with Gasteiger partial charge in [-0.1, -0.05) is 229 Å². The fraction of sp³-hybridized carbons (Fsp3) is 0.905. The van der Waals surface area contributed by atoms with Crippen molar-refractivity contribution in [3.05, 3.63) is 0 Å². The van der Waals surface area contributed by atoms with Gasteiger partial charge in [-0.15, -0.1) is 0 Å². The molecule has 0 bridgehead atoms. The number of unbranched alkanes of at least 4 members (excludes halogenated alkanes) is 30. The fourth-order valence-corrected chi connectivity index (χ4v) is 6.52. The second-order valence-electron chi connectivity index (χ2n) is 14.2. The zero-order chi connectivity index (χ0) is 33.4. The fourth-order valence-electron chi connectivity index (χ4n) is 6.52. The Morgan fingerprint density at radius 2 is 0.717 bits per heavy atom. The Bertz CT molecular complexity index is 735. The molecule has 0 N–H and O–H groups in total. The molecule has 3 nitrogen and oxygen atoms in total. The van der Waals surface area contributed by atoms with Crippen LogP contribution < -0.4 is 9.79 Å². The van der Waals surface area contributed by atoms with Crippen molar-refractivity contribution in [3.63, 3.8) is 0 Å². The topological polar surface area (TPSA) is 63.2 Å². The first kappa shape index (κ1) is 45.1. The molecule has 0 aromatic rings. The largest absolute Gasteiger partial charge is 0.598 e. The Kier molecular flexibility index (Phi) is 39.6. The molecule has 4 heteroatoms. The van der Waals surface area contributed by atoms with E-state index in [4.69, 9.17) is 14.4 Å². The maximum atomic E-state index is 8.48. The van der Waals surface area contributed by atoms with Crippen LogP contribution in [0.4, 0.5) is 0 Å². The number of rotatable bonds is 32. The summed E-state index contributed by atoms with van der Waals surface area (Å²) < 4.78 is 8.48. The minimum absolute atomic E-state index is 1.04. The maximum Gasteiger partial charge on any atom is 0.276 e. The number of hydrogen-bond acceptors (Lipinski definition) is 3. The SMILES string of the molecule is CCCCCCCCCCCCCCCCCCCC#CC#CCCCCCCCCCCCCCCCC1CCC1.O=[P+]([O-])[O-]. The normalized spacial score (nSPS) is 12.3. The first-order valence-corrected chi connectivity index (χ1v) is 21.5. The predicted octanol–water partition coefficient (Wildman–Crippen LogP) is 13.1. The summed E-state index contributed by atoms with van der Waals surface area (Å²) in [4.78, 5) is 17.0. The van der Waals surface area contributed by atoms with Gasteiger partial charge in [-0.2, -0.15) is 0 Å². The van der Waals surface area contributed by atoms with Crippen molar-refractivity contribution in [2.24, 2.45) is 5.92 Å². The van der Waals surface area contributed by atoms with Gasteiger partial charge in [-0.05, 0) is 30.6 Å². The smallest absolute Gasteiger partial charge is 0.276 e. The lowest BCUT2D eigenvalue weighted by Crippen LogP contribution is -2.10. The Labute approximate surface area is 289 Å². The van der Waals surface area contributed by atoms with Crippen molar-refractivity contribution < 1.29 is 14.4 Å². The highest BCUT2D eigenvalue weighted by Gasteiger charge is 2.15. The summed E-state index contributed by atoms with van der Waals surface area (Å²) in [7, 11) is -3.37. The Hall–Kier alpha value is -0.860. The first-order valence-electron chi connectivity index (χ1n) is 20.4. The molecule has 0 unspecified atom stereocenters. The Balaban J connectivity index is 0.00000476. The van der Waals surface area contributed by atoms with Crippen LogP contribution >= 0.6 is 8.25 Å². The molecule has 0 atom stereocenters. The van der Waals surface area contributed by atoms with Crippen molar-refractivity contribution in [1.29, 1.82) is 0 Å². The van der Waals surface area contributed by atoms with E-state index in [9.17, 15) is 0 Å². The minimum Gasteiger partial charge on any atom is -0.598 e. The van der Waals surface area contributed by atoms with Crippen LogP contribution in [-0.4, -0.2) is 0 Å². The van der Waals surface area contributed by atoms with E-state index < -0.39 is 8.25 Å². The van der Waals surface area contributed by atoms with Crippen LogP contribution in [0.2, 0.25) is 0 Å². The summed E-state index contributed by atoms with van der Waals surface area (Å²) in [6.07, 6.45) is 51.2. The van der Waals surface area contributed by atoms with Crippen molar-refractivity contribution in [3.8, 4) is 23.7 Å². The highest BCUT2D eigenvalue weighted by atomic mass is 31.1. The molecule has 0 aliphatic heterocycles. The molecule has 1 rings (SSSR count). The van der Waals surface area contributed by atoms with E-state index in [1.807, 2.05) is 0 Å². The van der Waals surface area contributed by atoms with E-state index in [0.717, 1.165) is 18.8 Å². The van der Waals surface area contributed by atoms with Crippen LogP contribution in [0.25, 0.3) is 0 Å². The van der Waals surface area contributed by atoms with Crippen LogP contribution in [0.1, 0.15) is 238 Å². The molecule has 0 heterocycles. The highest BCUT2D eigenvalue weighted by Crippen LogP contribution is 2.31. The van der Waals surface area contributed by atoms with Gasteiger partial charge in [0.05, 0.1) is 0 Å². The first-order chi connectivity index (χ1) is 22.7. The highest BCUT2D eigenvalue weighted by molar-refractivity contribution is 7.27. The van der Waals surface area contributed by atoms with Gasteiger partial charge in [0.25, 0.3) is 8.25 Å². The molecular formula is C42H76O3P-. The Morgan fingerprint density at radius 3 is 0.978 bits per heavy atom. The summed E-state index contributed by atoms with van der Waals surface area (Å²) in [5.74, 6) is 13.8. The average Bonchev–Trinajstić information content (AvgIpc) is 3.01. The summed E-state index contributed by atoms with van der Waals surface area (Å²) in [5, 5.41) is 0. The molecule has 1 aliphatic carbocycles. The molecule has 0 amide bonds. The standard InChI is InChI=1S/C42H76.HO3P/c1-2-3-4-5-6-7-8-9-10-11-12-13-14-15-16-17-18-19-20-21-22-23-24-25-26-27-28-29-30-31-32-33-34-35-36-37-39-42-40-38-41-42;1-4(2)3/h42H,2-19,24-41H2,1H3;(H,1,2,3)/p-1. The molecule has 46 heavy (non-hydrogen) atoms. The molecule has 0 radical (unpaired) electrons. The quantitative estimate of drug-likeness (QED) is 0.0410. The lowest BCUT2D eigenvalue weighted by atomic mass is 9.81. The van der Waals surface area contributed by atoms with Gasteiger partial charge in [0, 0.05) is 12.8 Å². The molecule has 0 saturated heterocycles. The zero-order valence-corrected chi connectivity index (χ0v) is 31.6. The van der Waals surface area contributed by atoms with E-state index >= 15 is 0 Å². The third-order valence-corrected chi connectivity index (χ3v) is 9.78. The van der Waals surface area contributed by atoms with Gasteiger partial charge in [0.2, 0.25) is 0 Å². The summed E-state index contributed by atoms with van der Waals surface area (Å²) in [6.45, 7) is 2.30. The third kappa shape index (κ3) is 41.2. The third-order valence-electron chi connectivity index (χ3n) is 9.78. The Morgan fingerprint density at radius 1 is 0.457 bits per heavy atom. The van der Waals surface area contributed by atoms with Gasteiger partial charge in [-0.3, -0.25) is 0 Å². The molecular weight excluding hydrogens is 583 g/mol. The van der Waals surface area contributed by atoms with Crippen LogP contribution in [0.3, 0.4) is 0 Å². The second kappa shape index (κ2) is 40.3. The zero-order valence-electron chi connectivity index (χ0n) is 30.7. The van der Waals surface area contributed by atoms with E-state index in [-0.39, 0.29) is 0 Å². The van der Waals surface area contributed by atoms with Crippen LogP contribution in [0.15, 0.2) is 0 Å². The summed E-state index contributed by atoms with van der Waals surface area (Å²) in [6, 6.07) is 0. The van der Waals surface area contributed by atoms with Crippen LogP contribution in [-0.2, 0) is 4.57 Å². The summed E-state index contributed by atoms with van der Waals surface area (Å²) in [5.41, 5.74) is 0. The van der Waals surface area contributed by atoms with Crippen molar-refractivity contribution in [1.82, 2.24) is 0 Å². The van der Waals surface area contributed by atoms with E-state index in [0.29, 0.717) is 0 Å². The van der Waals surface area contributed by atoms with E-state index in [2.05, 4.69) is 30.6 Å². The molecule has 268 valence electrons. The predicted molar refractivity (Wildman–Crippen MR) is 199 cm³/mol. The molecule has 0 aromatic carbocycles. The van der Waals surface area contributed by atoms with E-state index in [1.165, 1.54) is 218 Å². The maximum absolute atomic E-state index is 8.48. The van der Waals surface area contributed by atoms with Gasteiger partial charge in [0.1, 0.15) is 0 Å². The van der Waals surface area contributed by atoms with Crippen molar-refractivity contribution >= 4 is 8.25 Å². The van der Waals surface area contributed by atoms with Crippen LogP contribution in [0.5, 0.6) is 0 Å². The second-order valence-corrected chi connectivity index (χ2v) is 14.6. The van der Waals surface area contributed by atoms with E-state index in [1.54, 1.807) is 0 Å². The van der Waals surface area contributed by atoms with Gasteiger partial charge in [-0.25, -0.2) is 0 Å². The number of hydrogen-bond donors (Lipinski definition) is 0. The van der Waals surface area contributed by atoms with Gasteiger partial charge < -0.3 is 9.79 Å². The summed E-state index contributed by atoms with van der Waals surface area (Å²) >= 11 is 0. The minimum atomic E-state index is -3.37. The lowest BCUT2D eigenvalue weighted by Gasteiger charge is -2.24. The molecule has 1 saturated carbocycles. The molecule has 0 spiro atoms. The molecule has 1 fully saturated rings. The van der Waals surface area contributed by atoms with Crippen LogP contribution in [0, 0.1) is 29.6 Å². The lowest BCUT2D eigenvalue weighted by molar-refractivity contribution is -0.297. The monoisotopic (exact) mass is 660 g/mol. The van der Waals surface area contributed by atoms with Gasteiger partial charge >= 0.3 is 0 Å². The average molecular weight is 660 g/mol. The van der Waals surface area contributed by atoms with Crippen molar-refractivity contribution in [2.45, 2.75) is 238 Å². The van der Waals surface area contributed by atoms with Gasteiger partial charge in [0.15, 0.2) is 0 Å². The molecule has 1 aliphatic rings. The molecule has 0 aromatic heterocycles. The van der Waals surface area contributed by atoms with Crippen molar-refractivity contribution in [2.75, 3.05) is 0 Å².